The van der Waals surface area contributed by atoms with Gasteiger partial charge < -0.3 is 9.30 Å². The molecule has 2 aromatic heterocycles. The van der Waals surface area contributed by atoms with Gasteiger partial charge in [-0.15, -0.1) is 29.1 Å². The summed E-state index contributed by atoms with van der Waals surface area (Å²) < 4.78 is 44.4. The van der Waals surface area contributed by atoms with Crippen LogP contribution in [-0.4, -0.2) is 15.6 Å². The molecule has 10 aromatic rings. The molecule has 11 rings (SSSR count). The maximum Gasteiger partial charge on any atom is 2.00 e. The average molecular weight is 1210 g/mol. The van der Waals surface area contributed by atoms with E-state index < -0.39 is 11.6 Å². The van der Waals surface area contributed by atoms with E-state index in [-0.39, 0.29) is 43.7 Å². The number of aryl methyl sites for hydroxylation is 2. The number of nitrogens with zero attached hydrogens (tertiary/aromatic N) is 4. The molecule has 0 radical (unpaired) electrons. The van der Waals surface area contributed by atoms with Crippen LogP contribution in [0.2, 0.25) is 0 Å². The van der Waals surface area contributed by atoms with Crippen LogP contribution in [-0.2, 0) is 31.9 Å². The number of ether oxygens (including phenoxy) is 1. The Kier molecular flexibility index (Phi) is 14.3. The molecule has 78 heavy (non-hydrogen) atoms. The summed E-state index contributed by atoms with van der Waals surface area (Å²) in [5.74, 6) is 1.02. The molecule has 392 valence electrons. The van der Waals surface area contributed by atoms with Gasteiger partial charge in [0.15, 0.2) is 0 Å². The fourth-order valence-electron chi connectivity index (χ4n) is 10.8. The van der Waals surface area contributed by atoms with Crippen molar-refractivity contribution in [3.05, 3.63) is 215 Å². The molecule has 1 aliphatic heterocycles. The van der Waals surface area contributed by atoms with E-state index in [1.807, 2.05) is 29.0 Å². The summed E-state index contributed by atoms with van der Waals surface area (Å²) in [6.07, 6.45) is 1.88. The number of fused-ring (bicyclic) bond motifs is 4. The van der Waals surface area contributed by atoms with Gasteiger partial charge in [-0.25, -0.2) is 13.8 Å². The van der Waals surface area contributed by atoms with E-state index in [1.54, 1.807) is 0 Å². The molecule has 0 saturated carbocycles. The predicted molar refractivity (Wildman–Crippen MR) is 315 cm³/mol. The van der Waals surface area contributed by atoms with Crippen molar-refractivity contribution in [3.8, 4) is 50.7 Å². The average Bonchev–Trinajstić information content (AvgIpc) is 4.16. The van der Waals surface area contributed by atoms with Crippen LogP contribution in [0.1, 0.15) is 114 Å². The Balaban J connectivity index is 0.00000688. The number of rotatable bonds is 10. The number of pyridine rings is 1. The molecule has 0 N–H and O–H groups in total. The summed E-state index contributed by atoms with van der Waals surface area (Å²) in [7, 11) is 0. The Labute approximate surface area is 472 Å². The van der Waals surface area contributed by atoms with Crippen LogP contribution in [0.5, 0.6) is 11.5 Å². The molecular formula is C70H64F2N4OPt+2. The summed E-state index contributed by atoms with van der Waals surface area (Å²) in [5.41, 5.74) is 16.5. The minimum atomic E-state index is -0.649. The fourth-order valence-corrected chi connectivity index (χ4v) is 10.8. The predicted octanol–water partition coefficient (Wildman–Crippen LogP) is 19.2. The molecule has 0 spiro atoms. The van der Waals surface area contributed by atoms with Crippen molar-refractivity contribution in [2.24, 2.45) is 0 Å². The van der Waals surface area contributed by atoms with Crippen molar-refractivity contribution in [3.63, 3.8) is 0 Å². The molecule has 0 bridgehead atoms. The van der Waals surface area contributed by atoms with E-state index in [9.17, 15) is 0 Å². The molecule has 5 nitrogen and oxygen atoms in total. The summed E-state index contributed by atoms with van der Waals surface area (Å²) in [4.78, 5) is 4.91. The van der Waals surface area contributed by atoms with Crippen LogP contribution < -0.4 is 13.9 Å². The first kappa shape index (κ1) is 53.8. The molecule has 0 unspecified atom stereocenters. The van der Waals surface area contributed by atoms with Gasteiger partial charge in [0, 0.05) is 41.4 Å². The molecule has 0 atom stereocenters. The largest absolute Gasteiger partial charge is 2.00 e. The minimum Gasteiger partial charge on any atom is -0.509 e. The summed E-state index contributed by atoms with van der Waals surface area (Å²) in [6, 6.07) is 61.6. The second kappa shape index (κ2) is 20.7. The van der Waals surface area contributed by atoms with Gasteiger partial charge in [-0.1, -0.05) is 158 Å². The van der Waals surface area contributed by atoms with Crippen molar-refractivity contribution >= 4 is 50.6 Å². The first-order chi connectivity index (χ1) is 36.7. The zero-order valence-corrected chi connectivity index (χ0v) is 48.7. The van der Waals surface area contributed by atoms with Gasteiger partial charge in [0.05, 0.1) is 11.1 Å². The van der Waals surface area contributed by atoms with Crippen LogP contribution in [0.15, 0.2) is 158 Å². The van der Waals surface area contributed by atoms with Crippen LogP contribution in [0.4, 0.5) is 31.5 Å². The smallest absolute Gasteiger partial charge is 0.509 e. The van der Waals surface area contributed by atoms with Gasteiger partial charge in [0.25, 0.3) is 11.4 Å². The SMILES string of the molecule is Cc1cccc(C)c1-c1cc(Oc2[c-]c3c(cc2)c2ccccc2n3-c2cc(C(C)(C)C)ccn2)[c-]c([N+]2=C=[N+](c3c(-c4cc(F)cc(F)c4)cc(C(C)(C)C)cc3-c3cc(C(C)C)cc(C(C)C)c3)c3ccccc32)c1.[Pt+2]. The van der Waals surface area contributed by atoms with E-state index in [0.717, 1.165) is 89.7 Å². The number of hydrogen-bond donors (Lipinski definition) is 0. The third kappa shape index (κ3) is 10.1. The number of hydrogen-bond acceptors (Lipinski definition) is 2. The van der Waals surface area contributed by atoms with Crippen molar-refractivity contribution in [2.75, 3.05) is 0 Å². The van der Waals surface area contributed by atoms with Crippen molar-refractivity contribution < 1.29 is 34.6 Å². The molecule has 3 heterocycles. The maximum absolute atomic E-state index is 15.6. The molecule has 0 fully saturated rings. The Morgan fingerprint density at radius 1 is 0.564 bits per heavy atom. The van der Waals surface area contributed by atoms with Crippen LogP contribution in [0.25, 0.3) is 61.0 Å². The van der Waals surface area contributed by atoms with Gasteiger partial charge in [-0.05, 0) is 139 Å². The Morgan fingerprint density at radius 3 is 1.79 bits per heavy atom. The van der Waals surface area contributed by atoms with E-state index in [4.69, 9.17) is 9.72 Å². The third-order valence-corrected chi connectivity index (χ3v) is 15.0. The van der Waals surface area contributed by atoms with Crippen LogP contribution in [0.3, 0.4) is 0 Å². The number of aromatic nitrogens is 2. The number of halogens is 2. The zero-order chi connectivity index (χ0) is 54.2. The monoisotopic (exact) mass is 1210 g/mol. The molecule has 8 heteroatoms. The van der Waals surface area contributed by atoms with Crippen LogP contribution >= 0.6 is 0 Å². The quantitative estimate of drug-likeness (QED) is 0.101. The first-order valence-corrected chi connectivity index (χ1v) is 26.7. The Morgan fingerprint density at radius 2 is 1.17 bits per heavy atom. The molecule has 1 aliphatic rings. The third-order valence-electron chi connectivity index (χ3n) is 15.0. The van der Waals surface area contributed by atoms with E-state index in [1.165, 1.54) is 28.8 Å². The number of benzene rings is 8. The van der Waals surface area contributed by atoms with Crippen molar-refractivity contribution in [1.82, 2.24) is 18.7 Å². The zero-order valence-electron chi connectivity index (χ0n) is 46.4. The van der Waals surface area contributed by atoms with Gasteiger partial charge in [0.1, 0.15) is 23.1 Å². The standard InChI is InChI=1S/C70H64F2N4O.Pt/c1-42(2)46-28-47(43(3)4)30-48(29-46)60-35-52(70(10,11)12)36-61(49-31-53(71)38-54(72)32-49)68(60)75-41-74(63-22-15-16-23-64(63)75)55-33-50(67-44(5)18-17-19-45(67)6)34-57(39-55)77-56-24-25-59-58-20-13-14-21-62(58)76(65(59)40-56)66-37-51(26-27-73-66)69(7,8)9;/h13-38,42-43H,1-12H3;/q;+2. The van der Waals surface area contributed by atoms with Gasteiger partial charge in [-0.3, -0.25) is 0 Å². The van der Waals surface area contributed by atoms with Gasteiger partial charge in [-0.2, -0.15) is 6.07 Å². The van der Waals surface area contributed by atoms with E-state index >= 15 is 8.78 Å². The second-order valence-electron chi connectivity index (χ2n) is 23.4. The van der Waals surface area contributed by atoms with Crippen LogP contribution in [0, 0.1) is 37.6 Å². The molecule has 0 saturated heterocycles. The second-order valence-corrected chi connectivity index (χ2v) is 23.4. The summed E-state index contributed by atoms with van der Waals surface area (Å²) in [5, 5.41) is 2.13. The molecule has 0 amide bonds. The van der Waals surface area contributed by atoms with Crippen molar-refractivity contribution in [2.45, 2.75) is 106 Å². The Bertz CT molecular complexity index is 4020. The van der Waals surface area contributed by atoms with E-state index in [2.05, 4.69) is 226 Å². The van der Waals surface area contributed by atoms with Crippen molar-refractivity contribution in [1.29, 1.82) is 0 Å². The summed E-state index contributed by atoms with van der Waals surface area (Å²) >= 11 is 0. The molecule has 8 aromatic carbocycles. The number of para-hydroxylation sites is 3. The fraction of sp³-hybridized carbons (Fsp3) is 0.229. The van der Waals surface area contributed by atoms with Gasteiger partial charge >= 0.3 is 27.1 Å². The van der Waals surface area contributed by atoms with E-state index in [0.29, 0.717) is 28.3 Å². The summed E-state index contributed by atoms with van der Waals surface area (Å²) in [6.45, 7) is 26.3. The maximum atomic E-state index is 15.6. The Hall–Kier alpha value is -7.56. The molecule has 0 aliphatic carbocycles. The first-order valence-electron chi connectivity index (χ1n) is 26.7. The molecular weight excluding hydrogens is 1150 g/mol. The van der Waals surface area contributed by atoms with Gasteiger partial charge in [0.2, 0.25) is 5.69 Å². The minimum absolute atomic E-state index is 0. The topological polar surface area (TPSA) is 33.1 Å². The normalized spacial score (nSPS) is 12.6.